The van der Waals surface area contributed by atoms with Gasteiger partial charge in [-0.25, -0.2) is 0 Å². The van der Waals surface area contributed by atoms with E-state index in [1.165, 1.54) is 0 Å². The molecule has 2 rings (SSSR count). The summed E-state index contributed by atoms with van der Waals surface area (Å²) in [7, 11) is 0. The molecule has 0 spiro atoms. The molecule has 0 nitrogen and oxygen atoms in total. The van der Waals surface area contributed by atoms with E-state index in [0.29, 0.717) is 0 Å². The third-order valence-corrected chi connectivity index (χ3v) is 4.63. The van der Waals surface area contributed by atoms with E-state index in [9.17, 15) is 0 Å². The van der Waals surface area contributed by atoms with Crippen molar-refractivity contribution in [1.82, 2.24) is 0 Å². The lowest BCUT2D eigenvalue weighted by Crippen LogP contribution is -2.27. The minimum Gasteiger partial charge on any atom is -0.0625 e. The first-order valence-corrected chi connectivity index (χ1v) is 6.09. The van der Waals surface area contributed by atoms with Gasteiger partial charge in [0.25, 0.3) is 0 Å². The van der Waals surface area contributed by atoms with Gasteiger partial charge in [0, 0.05) is 0 Å². The van der Waals surface area contributed by atoms with Crippen LogP contribution in [0.15, 0.2) is 0 Å². The Kier molecular flexibility index (Phi) is 2.42. The molecule has 2 aliphatic carbocycles. The van der Waals surface area contributed by atoms with Gasteiger partial charge in [0.15, 0.2) is 0 Å². The van der Waals surface area contributed by atoms with Gasteiger partial charge in [-0.05, 0) is 54.8 Å². The van der Waals surface area contributed by atoms with Crippen LogP contribution in [0.3, 0.4) is 0 Å². The molecule has 2 atom stereocenters. The zero-order valence-corrected chi connectivity index (χ0v) is 9.59. The Morgan fingerprint density at radius 2 is 1.23 bits per heavy atom. The minimum atomic E-state index is 0.927. The van der Waals surface area contributed by atoms with Crippen LogP contribution < -0.4 is 0 Å². The fourth-order valence-corrected chi connectivity index (χ4v) is 3.99. The molecule has 0 saturated heterocycles. The first kappa shape index (κ1) is 9.55. The smallest absolute Gasteiger partial charge is 0.0350 e. The van der Waals surface area contributed by atoms with Crippen LogP contribution in [0.25, 0.3) is 0 Å². The second kappa shape index (κ2) is 3.29. The molecular formula is C13H24. The number of hydrogen-bond donors (Lipinski definition) is 0. The summed E-state index contributed by atoms with van der Waals surface area (Å²) in [5.74, 6) is 6.17. The Labute approximate surface area is 83.1 Å². The first-order valence-electron chi connectivity index (χ1n) is 6.09. The van der Waals surface area contributed by atoms with E-state index in [0.717, 1.165) is 35.5 Å². The van der Waals surface area contributed by atoms with Crippen molar-refractivity contribution in [1.29, 1.82) is 0 Å². The highest BCUT2D eigenvalue weighted by Gasteiger charge is 2.47. The SMILES string of the molecule is CC(C)C1CC2CC(C(C)C)C1C2. The molecule has 0 N–H and O–H groups in total. The Morgan fingerprint density at radius 3 is 1.54 bits per heavy atom. The predicted molar refractivity (Wildman–Crippen MR) is 57.5 cm³/mol. The molecule has 0 heteroatoms. The van der Waals surface area contributed by atoms with E-state index in [4.69, 9.17) is 0 Å². The molecule has 0 radical (unpaired) electrons. The first-order chi connectivity index (χ1) is 6.09. The van der Waals surface area contributed by atoms with Crippen molar-refractivity contribution < 1.29 is 0 Å². The van der Waals surface area contributed by atoms with Gasteiger partial charge < -0.3 is 0 Å². The summed E-state index contributed by atoms with van der Waals surface area (Å²) < 4.78 is 0. The van der Waals surface area contributed by atoms with E-state index >= 15 is 0 Å². The highest BCUT2D eigenvalue weighted by molar-refractivity contribution is 4.96. The molecule has 0 aromatic rings. The van der Waals surface area contributed by atoms with Gasteiger partial charge in [-0.3, -0.25) is 0 Å². The van der Waals surface area contributed by atoms with E-state index in [1.807, 2.05) is 0 Å². The summed E-state index contributed by atoms with van der Waals surface area (Å²) in [6.45, 7) is 9.68. The molecule has 0 heterocycles. The second-order valence-electron chi connectivity index (χ2n) is 6.05. The van der Waals surface area contributed by atoms with Gasteiger partial charge in [-0.1, -0.05) is 27.7 Å². The average Bonchev–Trinajstić information content (AvgIpc) is 2.60. The zero-order chi connectivity index (χ0) is 9.59. The van der Waals surface area contributed by atoms with Crippen LogP contribution in [-0.4, -0.2) is 0 Å². The largest absolute Gasteiger partial charge is 0.0625 e. The average molecular weight is 180 g/mol. The van der Waals surface area contributed by atoms with Crippen LogP contribution in [0.2, 0.25) is 0 Å². The third-order valence-electron chi connectivity index (χ3n) is 4.63. The van der Waals surface area contributed by atoms with Gasteiger partial charge >= 0.3 is 0 Å². The maximum Gasteiger partial charge on any atom is -0.0350 e. The standard InChI is InChI=1S/C13H24/c1-8(2)11-5-10-6-12(9(3)4)13(11)7-10/h8-13H,5-7H2,1-4H3. The van der Waals surface area contributed by atoms with Crippen LogP contribution in [0, 0.1) is 35.5 Å². The Balaban J connectivity index is 2.06. The van der Waals surface area contributed by atoms with Crippen molar-refractivity contribution >= 4 is 0 Å². The molecule has 0 amide bonds. The molecule has 0 aliphatic heterocycles. The number of hydrogen-bond acceptors (Lipinski definition) is 0. The highest BCUT2D eigenvalue weighted by atomic mass is 14.5. The monoisotopic (exact) mass is 180 g/mol. The lowest BCUT2D eigenvalue weighted by atomic mass is 9.71. The van der Waals surface area contributed by atoms with E-state index < -0.39 is 0 Å². The van der Waals surface area contributed by atoms with Crippen LogP contribution in [0.5, 0.6) is 0 Å². The van der Waals surface area contributed by atoms with Crippen molar-refractivity contribution in [2.24, 2.45) is 35.5 Å². The van der Waals surface area contributed by atoms with Crippen molar-refractivity contribution in [3.63, 3.8) is 0 Å². The van der Waals surface area contributed by atoms with Crippen molar-refractivity contribution in [2.75, 3.05) is 0 Å². The van der Waals surface area contributed by atoms with E-state index in [-0.39, 0.29) is 0 Å². The molecule has 2 aliphatic rings. The highest BCUT2D eigenvalue weighted by Crippen LogP contribution is 2.56. The maximum absolute atomic E-state index is 2.42. The van der Waals surface area contributed by atoms with Gasteiger partial charge in [0.1, 0.15) is 0 Å². The fourth-order valence-electron chi connectivity index (χ4n) is 3.99. The minimum absolute atomic E-state index is 0.927. The molecule has 76 valence electrons. The third kappa shape index (κ3) is 1.53. The second-order valence-corrected chi connectivity index (χ2v) is 6.05. The fraction of sp³-hybridized carbons (Fsp3) is 1.00. The Bertz CT molecular complexity index is 162. The van der Waals surface area contributed by atoms with Crippen LogP contribution in [0.1, 0.15) is 47.0 Å². The normalized spacial score (nSPS) is 43.8. The van der Waals surface area contributed by atoms with Gasteiger partial charge in [0.2, 0.25) is 0 Å². The predicted octanol–water partition coefficient (Wildman–Crippen LogP) is 3.96. The van der Waals surface area contributed by atoms with Gasteiger partial charge in [-0.15, -0.1) is 0 Å². The van der Waals surface area contributed by atoms with E-state index in [1.54, 1.807) is 19.3 Å². The Hall–Kier alpha value is 0. The Morgan fingerprint density at radius 1 is 0.769 bits per heavy atom. The van der Waals surface area contributed by atoms with Crippen molar-refractivity contribution in [2.45, 2.75) is 47.0 Å². The summed E-state index contributed by atoms with van der Waals surface area (Å²) in [5, 5.41) is 0. The maximum atomic E-state index is 2.42. The molecule has 0 aromatic heterocycles. The summed E-state index contributed by atoms with van der Waals surface area (Å²) >= 11 is 0. The van der Waals surface area contributed by atoms with Crippen LogP contribution in [-0.2, 0) is 0 Å². The summed E-state index contributed by atoms with van der Waals surface area (Å²) in [6, 6.07) is 0. The molecule has 2 bridgehead atoms. The van der Waals surface area contributed by atoms with Crippen LogP contribution in [0.4, 0.5) is 0 Å². The summed E-state index contributed by atoms with van der Waals surface area (Å²) in [5.41, 5.74) is 0. The van der Waals surface area contributed by atoms with Gasteiger partial charge in [0.05, 0.1) is 0 Å². The van der Waals surface area contributed by atoms with Crippen molar-refractivity contribution in [3.8, 4) is 0 Å². The number of rotatable bonds is 2. The quantitative estimate of drug-likeness (QED) is 0.603. The summed E-state index contributed by atoms with van der Waals surface area (Å²) in [4.78, 5) is 0. The summed E-state index contributed by atoms with van der Waals surface area (Å²) in [6.07, 6.45) is 4.66. The molecular weight excluding hydrogens is 156 g/mol. The molecule has 13 heavy (non-hydrogen) atoms. The molecule has 2 fully saturated rings. The lowest BCUT2D eigenvalue weighted by molar-refractivity contribution is 0.151. The molecule has 2 saturated carbocycles. The lowest BCUT2D eigenvalue weighted by Gasteiger charge is -2.34. The molecule has 2 unspecified atom stereocenters. The van der Waals surface area contributed by atoms with E-state index in [2.05, 4.69) is 27.7 Å². The van der Waals surface area contributed by atoms with Crippen molar-refractivity contribution in [3.05, 3.63) is 0 Å². The number of fused-ring (bicyclic) bond motifs is 2. The van der Waals surface area contributed by atoms with Gasteiger partial charge in [-0.2, -0.15) is 0 Å². The topological polar surface area (TPSA) is 0 Å². The molecule has 0 aromatic carbocycles. The zero-order valence-electron chi connectivity index (χ0n) is 9.59. The van der Waals surface area contributed by atoms with Crippen LogP contribution >= 0.6 is 0 Å².